The molecule has 0 spiro atoms. The molecule has 0 atom stereocenters. The zero-order chi connectivity index (χ0) is 13.1. The molecule has 1 aromatic carbocycles. The molecular weight excluding hydrogens is 240 g/mol. The van der Waals surface area contributed by atoms with Gasteiger partial charge >= 0.3 is 0 Å². The SMILES string of the molecule is CC(C)(C)/[N+]([O-])=C/c1ccc(N[SH](=O)=O)cc1. The summed E-state index contributed by atoms with van der Waals surface area (Å²) in [6, 6.07) is 6.57. The number of hydrogen-bond donors (Lipinski definition) is 2. The Hall–Kier alpha value is -1.56. The van der Waals surface area contributed by atoms with E-state index in [0.717, 1.165) is 10.3 Å². The van der Waals surface area contributed by atoms with Gasteiger partial charge in [-0.3, -0.25) is 4.72 Å². The summed E-state index contributed by atoms with van der Waals surface area (Å²) in [5.74, 6) is 0. The minimum atomic E-state index is -2.65. The summed E-state index contributed by atoms with van der Waals surface area (Å²) < 4.78 is 24.0. The summed E-state index contributed by atoms with van der Waals surface area (Å²) in [7, 11) is -2.65. The molecule has 0 radical (unpaired) electrons. The zero-order valence-electron chi connectivity index (χ0n) is 10.0. The Morgan fingerprint density at radius 3 is 2.18 bits per heavy atom. The van der Waals surface area contributed by atoms with E-state index in [1.807, 2.05) is 20.8 Å². The maximum atomic E-state index is 11.6. The van der Waals surface area contributed by atoms with E-state index >= 15 is 0 Å². The quantitative estimate of drug-likeness (QED) is 0.282. The number of hydrogen-bond acceptors (Lipinski definition) is 3. The molecule has 0 aliphatic rings. The van der Waals surface area contributed by atoms with Crippen LogP contribution in [-0.4, -0.2) is 24.9 Å². The molecule has 1 rings (SSSR count). The largest absolute Gasteiger partial charge is 0.623 e. The molecule has 0 saturated carbocycles. The third-order valence-electron chi connectivity index (χ3n) is 2.06. The fourth-order valence-electron chi connectivity index (χ4n) is 1.08. The topological polar surface area (TPSA) is 72.2 Å². The van der Waals surface area contributed by atoms with Crippen LogP contribution < -0.4 is 4.72 Å². The lowest BCUT2D eigenvalue weighted by atomic mass is 10.1. The molecule has 1 aromatic rings. The number of rotatable bonds is 3. The monoisotopic (exact) mass is 256 g/mol. The van der Waals surface area contributed by atoms with E-state index in [0.29, 0.717) is 5.69 Å². The first kappa shape index (κ1) is 13.5. The number of nitrogens with zero attached hydrogens (tertiary/aromatic N) is 1. The Kier molecular flexibility index (Phi) is 4.11. The highest BCUT2D eigenvalue weighted by molar-refractivity contribution is 7.73. The molecule has 0 fully saturated rings. The van der Waals surface area contributed by atoms with Gasteiger partial charge in [0, 0.05) is 32.0 Å². The van der Waals surface area contributed by atoms with Crippen molar-refractivity contribution in [3.63, 3.8) is 0 Å². The molecule has 0 heterocycles. The molecule has 1 N–H and O–H groups in total. The Morgan fingerprint density at radius 2 is 1.76 bits per heavy atom. The summed E-state index contributed by atoms with van der Waals surface area (Å²) in [4.78, 5) is 0. The second-order valence-corrected chi connectivity index (χ2v) is 5.35. The molecule has 17 heavy (non-hydrogen) atoms. The van der Waals surface area contributed by atoms with E-state index < -0.39 is 16.4 Å². The fraction of sp³-hybridized carbons (Fsp3) is 0.364. The van der Waals surface area contributed by atoms with Crippen molar-refractivity contribution in [1.82, 2.24) is 0 Å². The smallest absolute Gasteiger partial charge is 0.222 e. The van der Waals surface area contributed by atoms with Crippen LogP contribution in [0.25, 0.3) is 0 Å². The first-order valence-electron chi connectivity index (χ1n) is 5.11. The fourth-order valence-corrected chi connectivity index (χ4v) is 1.44. The van der Waals surface area contributed by atoms with E-state index in [2.05, 4.69) is 4.72 Å². The van der Waals surface area contributed by atoms with Gasteiger partial charge in [0.1, 0.15) is 0 Å². The van der Waals surface area contributed by atoms with Gasteiger partial charge in [-0.2, -0.15) is 0 Å². The van der Waals surface area contributed by atoms with Crippen LogP contribution in [0.4, 0.5) is 5.69 Å². The third-order valence-corrected chi connectivity index (χ3v) is 2.50. The van der Waals surface area contributed by atoms with E-state index in [1.54, 1.807) is 24.3 Å². The Bertz CT molecular complexity index is 476. The number of thiol groups is 1. The molecule has 6 heteroatoms. The van der Waals surface area contributed by atoms with E-state index in [-0.39, 0.29) is 0 Å². The Labute approximate surface area is 102 Å². The predicted octanol–water partition coefficient (Wildman–Crippen LogP) is 1.35. The van der Waals surface area contributed by atoms with Crippen LogP contribution in [0.15, 0.2) is 24.3 Å². The predicted molar refractivity (Wildman–Crippen MR) is 68.9 cm³/mol. The molecule has 0 saturated heterocycles. The van der Waals surface area contributed by atoms with Gasteiger partial charge in [0.05, 0.1) is 0 Å². The summed E-state index contributed by atoms with van der Waals surface area (Å²) >= 11 is 0. The van der Waals surface area contributed by atoms with Crippen molar-refractivity contribution in [3.05, 3.63) is 35.0 Å². The van der Waals surface area contributed by atoms with Crippen LogP contribution in [-0.2, 0) is 10.9 Å². The van der Waals surface area contributed by atoms with Gasteiger partial charge in [-0.1, -0.05) is 0 Å². The molecular formula is C11H16N2O3S. The molecule has 0 aliphatic carbocycles. The van der Waals surface area contributed by atoms with Crippen molar-refractivity contribution in [3.8, 4) is 0 Å². The number of hydroxylamine groups is 1. The molecule has 0 unspecified atom stereocenters. The Morgan fingerprint density at radius 1 is 1.24 bits per heavy atom. The first-order chi connectivity index (χ1) is 7.79. The van der Waals surface area contributed by atoms with Gasteiger partial charge in [-0.15, -0.1) is 0 Å². The molecule has 0 amide bonds. The van der Waals surface area contributed by atoms with Crippen LogP contribution in [0, 0.1) is 5.21 Å². The van der Waals surface area contributed by atoms with Crippen molar-refractivity contribution in [2.45, 2.75) is 26.3 Å². The van der Waals surface area contributed by atoms with Crippen molar-refractivity contribution in [2.24, 2.45) is 0 Å². The third kappa shape index (κ3) is 4.44. The van der Waals surface area contributed by atoms with Crippen LogP contribution in [0.5, 0.6) is 0 Å². The van der Waals surface area contributed by atoms with Crippen LogP contribution in [0.2, 0.25) is 0 Å². The molecule has 0 bridgehead atoms. The molecule has 0 aliphatic heterocycles. The lowest BCUT2D eigenvalue weighted by Gasteiger charge is -2.18. The molecule has 94 valence electrons. The van der Waals surface area contributed by atoms with Crippen LogP contribution >= 0.6 is 0 Å². The summed E-state index contributed by atoms with van der Waals surface area (Å²) in [5.41, 5.74) is 0.711. The Balaban J connectivity index is 2.89. The summed E-state index contributed by atoms with van der Waals surface area (Å²) in [6.45, 7) is 5.44. The molecule has 0 aromatic heterocycles. The number of nitrogens with one attached hydrogen (secondary N) is 1. The zero-order valence-corrected chi connectivity index (χ0v) is 10.9. The molecule has 5 nitrogen and oxygen atoms in total. The van der Waals surface area contributed by atoms with Crippen LogP contribution in [0.1, 0.15) is 26.3 Å². The van der Waals surface area contributed by atoms with Crippen molar-refractivity contribution >= 4 is 22.8 Å². The van der Waals surface area contributed by atoms with Gasteiger partial charge < -0.3 is 5.21 Å². The number of anilines is 1. The number of benzene rings is 1. The van der Waals surface area contributed by atoms with Gasteiger partial charge in [0.2, 0.25) is 10.9 Å². The van der Waals surface area contributed by atoms with E-state index in [1.165, 1.54) is 6.21 Å². The highest BCUT2D eigenvalue weighted by Gasteiger charge is 2.17. The lowest BCUT2D eigenvalue weighted by Crippen LogP contribution is -2.29. The second kappa shape index (κ2) is 5.18. The van der Waals surface area contributed by atoms with Crippen molar-refractivity contribution in [2.75, 3.05) is 4.72 Å². The highest BCUT2D eigenvalue weighted by atomic mass is 32.2. The second-order valence-electron chi connectivity index (χ2n) is 4.62. The maximum Gasteiger partial charge on any atom is 0.222 e. The normalized spacial score (nSPS) is 12.8. The minimum absolute atomic E-state index is 0.478. The minimum Gasteiger partial charge on any atom is -0.623 e. The van der Waals surface area contributed by atoms with E-state index in [9.17, 15) is 13.6 Å². The summed E-state index contributed by atoms with van der Waals surface area (Å²) in [6.07, 6.45) is 1.47. The average molecular weight is 256 g/mol. The van der Waals surface area contributed by atoms with Gasteiger partial charge in [-0.25, -0.2) is 13.2 Å². The first-order valence-corrected chi connectivity index (χ1v) is 6.29. The highest BCUT2D eigenvalue weighted by Crippen LogP contribution is 2.10. The van der Waals surface area contributed by atoms with Gasteiger partial charge in [-0.05, 0) is 24.3 Å². The summed E-state index contributed by atoms with van der Waals surface area (Å²) in [5, 5.41) is 11.6. The van der Waals surface area contributed by atoms with Crippen molar-refractivity contribution < 1.29 is 13.2 Å². The van der Waals surface area contributed by atoms with Gasteiger partial charge in [0.25, 0.3) is 0 Å². The van der Waals surface area contributed by atoms with E-state index in [4.69, 9.17) is 0 Å². The van der Waals surface area contributed by atoms with Crippen molar-refractivity contribution in [1.29, 1.82) is 0 Å². The lowest BCUT2D eigenvalue weighted by molar-refractivity contribution is -0.530. The van der Waals surface area contributed by atoms with Gasteiger partial charge in [0.15, 0.2) is 11.8 Å². The maximum absolute atomic E-state index is 11.6. The van der Waals surface area contributed by atoms with Crippen LogP contribution in [0.3, 0.4) is 0 Å². The standard InChI is InChI=1S/C11H16N2O3S/c1-11(2,3)13(14)8-9-4-6-10(7-5-9)12-17(15)16/h4-8,17H,1-3H3,(H,12,15,16)/b13-8-. The average Bonchev–Trinajstić information content (AvgIpc) is 2.18.